The van der Waals surface area contributed by atoms with Crippen molar-refractivity contribution in [3.05, 3.63) is 23.3 Å². The van der Waals surface area contributed by atoms with Crippen LogP contribution in [-0.4, -0.2) is 21.4 Å². The minimum absolute atomic E-state index is 0.00383. The maximum absolute atomic E-state index is 10.4. The normalized spacial score (nSPS) is 41.2. The molecule has 0 aromatic heterocycles. The number of phenolic OH excluding ortho intramolecular Hbond substituents is 2. The Labute approximate surface area is 125 Å². The van der Waals surface area contributed by atoms with E-state index >= 15 is 0 Å². The lowest BCUT2D eigenvalue weighted by Gasteiger charge is -2.50. The number of benzene rings is 1. The van der Waals surface area contributed by atoms with Gasteiger partial charge in [-0.15, -0.1) is 0 Å². The van der Waals surface area contributed by atoms with Crippen LogP contribution in [0.2, 0.25) is 0 Å². The molecule has 3 aliphatic rings. The standard InChI is InChI=1S/C18H24O3/c1-18-7-6-11-12(14(18)4-5-17(18)21)3-2-10-8-15(19)16(20)9-13(10)11/h8-9,11-12,14,17,19-21H,2-7H2,1H3/t11-,12-,14+,17+,18+/m1/s1. The summed E-state index contributed by atoms with van der Waals surface area (Å²) in [4.78, 5) is 0. The van der Waals surface area contributed by atoms with Crippen molar-refractivity contribution in [3.63, 3.8) is 0 Å². The van der Waals surface area contributed by atoms with E-state index in [1.54, 1.807) is 12.1 Å². The van der Waals surface area contributed by atoms with Gasteiger partial charge in [0.25, 0.3) is 0 Å². The highest BCUT2D eigenvalue weighted by Crippen LogP contribution is 2.61. The number of rotatable bonds is 0. The molecule has 4 rings (SSSR count). The van der Waals surface area contributed by atoms with Crippen molar-refractivity contribution in [1.82, 2.24) is 0 Å². The van der Waals surface area contributed by atoms with Crippen LogP contribution in [0.5, 0.6) is 11.5 Å². The number of hydrogen-bond acceptors (Lipinski definition) is 3. The molecule has 0 aliphatic heterocycles. The second-order valence-corrected chi connectivity index (χ2v) is 7.59. The monoisotopic (exact) mass is 288 g/mol. The fourth-order valence-electron chi connectivity index (χ4n) is 5.57. The summed E-state index contributed by atoms with van der Waals surface area (Å²) in [5, 5.41) is 29.9. The summed E-state index contributed by atoms with van der Waals surface area (Å²) in [5.41, 5.74) is 2.54. The van der Waals surface area contributed by atoms with E-state index in [1.165, 1.54) is 11.1 Å². The summed E-state index contributed by atoms with van der Waals surface area (Å²) in [7, 11) is 0. The first-order chi connectivity index (χ1) is 10.0. The Morgan fingerprint density at radius 3 is 2.62 bits per heavy atom. The average Bonchev–Trinajstić information content (AvgIpc) is 2.76. The fourth-order valence-corrected chi connectivity index (χ4v) is 5.57. The maximum atomic E-state index is 10.4. The smallest absolute Gasteiger partial charge is 0.157 e. The Kier molecular flexibility index (Phi) is 2.81. The van der Waals surface area contributed by atoms with Crippen LogP contribution in [-0.2, 0) is 6.42 Å². The van der Waals surface area contributed by atoms with Gasteiger partial charge in [0.1, 0.15) is 0 Å². The first kappa shape index (κ1) is 13.4. The van der Waals surface area contributed by atoms with E-state index in [0.29, 0.717) is 17.8 Å². The van der Waals surface area contributed by atoms with Crippen LogP contribution in [0, 0.1) is 17.3 Å². The zero-order chi connectivity index (χ0) is 14.8. The summed E-state index contributed by atoms with van der Waals surface area (Å²) in [6, 6.07) is 3.54. The molecule has 2 saturated carbocycles. The number of fused-ring (bicyclic) bond motifs is 5. The second-order valence-electron chi connectivity index (χ2n) is 7.59. The number of aliphatic hydroxyl groups is 1. The van der Waals surface area contributed by atoms with Gasteiger partial charge in [-0.05, 0) is 85.0 Å². The van der Waals surface area contributed by atoms with Crippen LogP contribution in [0.15, 0.2) is 12.1 Å². The minimum Gasteiger partial charge on any atom is -0.504 e. The third kappa shape index (κ3) is 1.76. The molecular weight excluding hydrogens is 264 g/mol. The van der Waals surface area contributed by atoms with Gasteiger partial charge in [0.2, 0.25) is 0 Å². The molecule has 0 heterocycles. The molecule has 0 amide bonds. The van der Waals surface area contributed by atoms with E-state index in [0.717, 1.165) is 38.5 Å². The van der Waals surface area contributed by atoms with Crippen molar-refractivity contribution in [1.29, 1.82) is 0 Å². The molecule has 3 N–H and O–H groups in total. The summed E-state index contributed by atoms with van der Waals surface area (Å²) in [6.07, 6.45) is 6.23. The summed E-state index contributed by atoms with van der Waals surface area (Å²) >= 11 is 0. The molecule has 3 aliphatic carbocycles. The van der Waals surface area contributed by atoms with Gasteiger partial charge in [-0.2, -0.15) is 0 Å². The van der Waals surface area contributed by atoms with Crippen molar-refractivity contribution in [3.8, 4) is 11.5 Å². The summed E-state index contributed by atoms with van der Waals surface area (Å²) in [6.45, 7) is 2.27. The Morgan fingerprint density at radius 2 is 1.81 bits per heavy atom. The number of aromatic hydroxyl groups is 2. The third-order valence-corrected chi connectivity index (χ3v) is 6.77. The van der Waals surface area contributed by atoms with Gasteiger partial charge >= 0.3 is 0 Å². The zero-order valence-corrected chi connectivity index (χ0v) is 12.5. The molecule has 0 radical (unpaired) electrons. The molecule has 0 bridgehead atoms. The van der Waals surface area contributed by atoms with Crippen molar-refractivity contribution >= 4 is 0 Å². The SMILES string of the molecule is C[C@]12CC[C@H]3c4cc(O)c(O)cc4CC[C@H]3[C@@H]1CC[C@@H]2O. The third-order valence-electron chi connectivity index (χ3n) is 6.77. The minimum atomic E-state index is -0.141. The first-order valence-corrected chi connectivity index (χ1v) is 8.23. The van der Waals surface area contributed by atoms with E-state index < -0.39 is 0 Å². The quantitative estimate of drug-likeness (QED) is 0.642. The molecule has 114 valence electrons. The van der Waals surface area contributed by atoms with Crippen LogP contribution >= 0.6 is 0 Å². The van der Waals surface area contributed by atoms with Crippen LogP contribution < -0.4 is 0 Å². The van der Waals surface area contributed by atoms with Crippen LogP contribution in [0.3, 0.4) is 0 Å². The van der Waals surface area contributed by atoms with Crippen molar-refractivity contribution in [2.45, 2.75) is 57.5 Å². The summed E-state index contributed by atoms with van der Waals surface area (Å²) in [5.74, 6) is 1.73. The van der Waals surface area contributed by atoms with Crippen LogP contribution in [0.25, 0.3) is 0 Å². The van der Waals surface area contributed by atoms with Gasteiger partial charge in [-0.3, -0.25) is 0 Å². The largest absolute Gasteiger partial charge is 0.504 e. The predicted molar refractivity (Wildman–Crippen MR) is 80.4 cm³/mol. The zero-order valence-electron chi connectivity index (χ0n) is 12.5. The molecule has 0 spiro atoms. The average molecular weight is 288 g/mol. The highest BCUT2D eigenvalue weighted by molar-refractivity contribution is 5.48. The van der Waals surface area contributed by atoms with E-state index in [1.807, 2.05) is 0 Å². The number of aliphatic hydroxyl groups excluding tert-OH is 1. The lowest BCUT2D eigenvalue weighted by atomic mass is 9.55. The van der Waals surface area contributed by atoms with Gasteiger partial charge in [0.15, 0.2) is 11.5 Å². The highest BCUT2D eigenvalue weighted by Gasteiger charge is 2.54. The Balaban J connectivity index is 1.73. The number of hydrogen-bond donors (Lipinski definition) is 3. The van der Waals surface area contributed by atoms with Gasteiger partial charge in [-0.25, -0.2) is 0 Å². The second kappa shape index (κ2) is 4.39. The van der Waals surface area contributed by atoms with Gasteiger partial charge in [0, 0.05) is 0 Å². The number of phenols is 2. The van der Waals surface area contributed by atoms with Crippen LogP contribution in [0.1, 0.15) is 56.1 Å². The molecule has 0 unspecified atom stereocenters. The van der Waals surface area contributed by atoms with E-state index in [4.69, 9.17) is 0 Å². The molecular formula is C18H24O3. The molecule has 3 heteroatoms. The van der Waals surface area contributed by atoms with E-state index in [2.05, 4.69) is 6.92 Å². The predicted octanol–water partition coefficient (Wildman–Crippen LogP) is 3.31. The van der Waals surface area contributed by atoms with Gasteiger partial charge < -0.3 is 15.3 Å². The molecule has 1 aromatic rings. The topological polar surface area (TPSA) is 60.7 Å². The Morgan fingerprint density at radius 1 is 1.05 bits per heavy atom. The molecule has 1 aromatic carbocycles. The van der Waals surface area contributed by atoms with Gasteiger partial charge in [-0.1, -0.05) is 6.92 Å². The van der Waals surface area contributed by atoms with Crippen molar-refractivity contribution in [2.24, 2.45) is 17.3 Å². The first-order valence-electron chi connectivity index (χ1n) is 8.23. The van der Waals surface area contributed by atoms with E-state index in [-0.39, 0.29) is 23.0 Å². The Hall–Kier alpha value is -1.22. The lowest BCUT2D eigenvalue weighted by molar-refractivity contribution is -0.0226. The van der Waals surface area contributed by atoms with Crippen molar-refractivity contribution in [2.75, 3.05) is 0 Å². The van der Waals surface area contributed by atoms with Gasteiger partial charge in [0.05, 0.1) is 6.10 Å². The molecule has 21 heavy (non-hydrogen) atoms. The van der Waals surface area contributed by atoms with Crippen molar-refractivity contribution < 1.29 is 15.3 Å². The molecule has 2 fully saturated rings. The molecule has 5 atom stereocenters. The van der Waals surface area contributed by atoms with E-state index in [9.17, 15) is 15.3 Å². The van der Waals surface area contributed by atoms with Crippen LogP contribution in [0.4, 0.5) is 0 Å². The highest BCUT2D eigenvalue weighted by atomic mass is 16.3. The fraction of sp³-hybridized carbons (Fsp3) is 0.667. The number of aryl methyl sites for hydroxylation is 1. The molecule has 0 saturated heterocycles. The Bertz CT molecular complexity index is 582. The lowest BCUT2D eigenvalue weighted by Crippen LogP contribution is -2.43. The summed E-state index contributed by atoms with van der Waals surface area (Å²) < 4.78 is 0. The maximum Gasteiger partial charge on any atom is 0.157 e. The molecule has 3 nitrogen and oxygen atoms in total.